The molecule has 0 radical (unpaired) electrons. The lowest BCUT2D eigenvalue weighted by Gasteiger charge is -2.36. The van der Waals surface area contributed by atoms with Gasteiger partial charge in [0.2, 0.25) is 5.82 Å². The highest BCUT2D eigenvalue weighted by Gasteiger charge is 2.31. The summed E-state index contributed by atoms with van der Waals surface area (Å²) in [5.41, 5.74) is 1.15. The average molecular weight is 333 g/mol. The third-order valence-electron chi connectivity index (χ3n) is 4.35. The molecular weight excluding hydrogens is 313 g/mol. The van der Waals surface area contributed by atoms with E-state index in [-0.39, 0.29) is 16.4 Å². The summed E-state index contributed by atoms with van der Waals surface area (Å²) in [6.45, 7) is 4.22. The topological polar surface area (TPSA) is 67.4 Å². The van der Waals surface area contributed by atoms with Crippen LogP contribution in [0.5, 0.6) is 0 Å². The maximum atomic E-state index is 13.9. The highest BCUT2D eigenvalue weighted by atomic mass is 19.1. The SMILES string of the molecule is CCc1nn(C)c(N2CCN(c3ccccc3F)CC2)c1[N+](=O)[O-]. The van der Waals surface area contributed by atoms with Gasteiger partial charge in [-0.05, 0) is 18.6 Å². The lowest BCUT2D eigenvalue weighted by molar-refractivity contribution is -0.384. The smallest absolute Gasteiger partial charge is 0.334 e. The summed E-state index contributed by atoms with van der Waals surface area (Å²) in [5, 5.41) is 15.7. The van der Waals surface area contributed by atoms with E-state index in [1.807, 2.05) is 22.8 Å². The maximum Gasteiger partial charge on any atom is 0.334 e. The van der Waals surface area contributed by atoms with Crippen molar-refractivity contribution in [2.45, 2.75) is 13.3 Å². The zero-order valence-electron chi connectivity index (χ0n) is 13.8. The molecule has 0 atom stereocenters. The molecule has 0 bridgehead atoms. The minimum atomic E-state index is -0.357. The van der Waals surface area contributed by atoms with Crippen molar-refractivity contribution in [3.8, 4) is 0 Å². The van der Waals surface area contributed by atoms with Crippen LogP contribution in [0, 0.1) is 15.9 Å². The van der Waals surface area contributed by atoms with Crippen LogP contribution in [0.4, 0.5) is 21.6 Å². The first-order valence-corrected chi connectivity index (χ1v) is 7.97. The minimum Gasteiger partial charge on any atom is -0.366 e. The number of nitrogens with zero attached hydrogens (tertiary/aromatic N) is 5. The molecule has 1 aromatic carbocycles. The molecule has 1 aliphatic heterocycles. The van der Waals surface area contributed by atoms with Crippen molar-refractivity contribution in [2.24, 2.45) is 7.05 Å². The Hall–Kier alpha value is -2.64. The third kappa shape index (κ3) is 2.79. The van der Waals surface area contributed by atoms with Gasteiger partial charge in [-0.15, -0.1) is 0 Å². The molecule has 3 rings (SSSR count). The van der Waals surface area contributed by atoms with Crippen molar-refractivity contribution < 1.29 is 9.31 Å². The quantitative estimate of drug-likeness (QED) is 0.635. The van der Waals surface area contributed by atoms with Gasteiger partial charge in [-0.1, -0.05) is 19.1 Å². The van der Waals surface area contributed by atoms with Crippen molar-refractivity contribution in [1.29, 1.82) is 0 Å². The molecule has 2 heterocycles. The molecular formula is C16H20FN5O2. The number of anilines is 2. The number of halogens is 1. The van der Waals surface area contributed by atoms with E-state index in [0.717, 1.165) is 0 Å². The Morgan fingerprint density at radius 2 is 1.83 bits per heavy atom. The van der Waals surface area contributed by atoms with Crippen molar-refractivity contribution in [3.63, 3.8) is 0 Å². The number of aryl methyl sites for hydroxylation is 2. The van der Waals surface area contributed by atoms with Crippen molar-refractivity contribution >= 4 is 17.2 Å². The van der Waals surface area contributed by atoms with Crippen LogP contribution >= 0.6 is 0 Å². The Kier molecular flexibility index (Phi) is 4.37. The van der Waals surface area contributed by atoms with Gasteiger partial charge in [0, 0.05) is 33.2 Å². The highest BCUT2D eigenvalue weighted by Crippen LogP contribution is 2.33. The van der Waals surface area contributed by atoms with Crippen LogP contribution in [0.25, 0.3) is 0 Å². The number of hydrogen-bond donors (Lipinski definition) is 0. The van der Waals surface area contributed by atoms with Gasteiger partial charge < -0.3 is 9.80 Å². The van der Waals surface area contributed by atoms with E-state index in [1.165, 1.54) is 6.07 Å². The minimum absolute atomic E-state index is 0.0827. The van der Waals surface area contributed by atoms with Gasteiger partial charge in [-0.3, -0.25) is 10.1 Å². The Morgan fingerprint density at radius 1 is 1.21 bits per heavy atom. The standard InChI is InChI=1S/C16H20FN5O2/c1-3-13-15(22(23)24)16(19(2)18-13)21-10-8-20(9-11-21)14-7-5-4-6-12(14)17/h4-7H,3,8-11H2,1-2H3. The van der Waals surface area contributed by atoms with Gasteiger partial charge in [0.1, 0.15) is 11.5 Å². The Bertz CT molecular complexity index is 753. The van der Waals surface area contributed by atoms with Crippen LogP contribution in [-0.2, 0) is 13.5 Å². The number of nitro groups is 1. The van der Waals surface area contributed by atoms with E-state index in [0.29, 0.717) is 49.8 Å². The zero-order chi connectivity index (χ0) is 17.3. The molecule has 1 aliphatic rings. The molecule has 1 saturated heterocycles. The highest BCUT2D eigenvalue weighted by molar-refractivity contribution is 5.62. The molecule has 7 nitrogen and oxygen atoms in total. The van der Waals surface area contributed by atoms with Crippen LogP contribution < -0.4 is 9.80 Å². The number of rotatable bonds is 4. The van der Waals surface area contributed by atoms with Gasteiger partial charge in [0.25, 0.3) is 0 Å². The second-order valence-electron chi connectivity index (χ2n) is 5.78. The molecule has 2 aromatic rings. The van der Waals surface area contributed by atoms with Gasteiger partial charge in [-0.25, -0.2) is 9.07 Å². The molecule has 8 heteroatoms. The predicted molar refractivity (Wildman–Crippen MR) is 90.1 cm³/mol. The van der Waals surface area contributed by atoms with E-state index < -0.39 is 0 Å². The zero-order valence-corrected chi connectivity index (χ0v) is 13.8. The first-order chi connectivity index (χ1) is 11.5. The third-order valence-corrected chi connectivity index (χ3v) is 4.35. The molecule has 0 unspecified atom stereocenters. The number of benzene rings is 1. The number of piperazine rings is 1. The summed E-state index contributed by atoms with van der Waals surface area (Å²) in [7, 11) is 1.73. The molecule has 0 saturated carbocycles. The number of aromatic nitrogens is 2. The first kappa shape index (κ1) is 16.2. The molecule has 128 valence electrons. The monoisotopic (exact) mass is 333 g/mol. The second kappa shape index (κ2) is 6.46. The molecule has 1 aromatic heterocycles. The molecule has 24 heavy (non-hydrogen) atoms. The molecule has 0 N–H and O–H groups in total. The first-order valence-electron chi connectivity index (χ1n) is 7.97. The van der Waals surface area contributed by atoms with Gasteiger partial charge >= 0.3 is 5.69 Å². The fraction of sp³-hybridized carbons (Fsp3) is 0.438. The summed E-state index contributed by atoms with van der Waals surface area (Å²) in [6.07, 6.45) is 0.513. The lowest BCUT2D eigenvalue weighted by Crippen LogP contribution is -2.47. The lowest BCUT2D eigenvalue weighted by atomic mass is 10.2. The number of hydrogen-bond acceptors (Lipinski definition) is 5. The van der Waals surface area contributed by atoms with Crippen molar-refractivity contribution in [2.75, 3.05) is 36.0 Å². The summed E-state index contributed by atoms with van der Waals surface area (Å²) >= 11 is 0. The fourth-order valence-corrected chi connectivity index (χ4v) is 3.21. The number of para-hydroxylation sites is 1. The van der Waals surface area contributed by atoms with Gasteiger partial charge in [-0.2, -0.15) is 5.10 Å². The summed E-state index contributed by atoms with van der Waals surface area (Å²) in [5.74, 6) is 0.288. The van der Waals surface area contributed by atoms with Crippen molar-refractivity contribution in [1.82, 2.24) is 9.78 Å². The summed E-state index contributed by atoms with van der Waals surface area (Å²) in [4.78, 5) is 15.0. The van der Waals surface area contributed by atoms with E-state index in [1.54, 1.807) is 23.9 Å². The Balaban J connectivity index is 1.82. The van der Waals surface area contributed by atoms with E-state index in [2.05, 4.69) is 5.10 Å². The van der Waals surface area contributed by atoms with Gasteiger partial charge in [0.15, 0.2) is 0 Å². The van der Waals surface area contributed by atoms with E-state index >= 15 is 0 Å². The van der Waals surface area contributed by atoms with E-state index in [4.69, 9.17) is 0 Å². The van der Waals surface area contributed by atoms with Crippen LogP contribution in [-0.4, -0.2) is 40.9 Å². The second-order valence-corrected chi connectivity index (χ2v) is 5.78. The van der Waals surface area contributed by atoms with E-state index in [9.17, 15) is 14.5 Å². The summed E-state index contributed by atoms with van der Waals surface area (Å²) < 4.78 is 15.5. The predicted octanol–water partition coefficient (Wildman–Crippen LogP) is 2.36. The maximum absolute atomic E-state index is 13.9. The van der Waals surface area contributed by atoms with Crippen LogP contribution in [0.15, 0.2) is 24.3 Å². The van der Waals surface area contributed by atoms with Crippen LogP contribution in [0.2, 0.25) is 0 Å². The van der Waals surface area contributed by atoms with Crippen LogP contribution in [0.1, 0.15) is 12.6 Å². The summed E-state index contributed by atoms with van der Waals surface area (Å²) in [6, 6.07) is 6.68. The van der Waals surface area contributed by atoms with Crippen molar-refractivity contribution in [3.05, 3.63) is 45.9 Å². The average Bonchev–Trinajstić information content (AvgIpc) is 2.92. The Labute approximate surface area is 139 Å². The normalized spacial score (nSPS) is 15.0. The Morgan fingerprint density at radius 3 is 2.42 bits per heavy atom. The molecule has 0 spiro atoms. The molecule has 1 fully saturated rings. The van der Waals surface area contributed by atoms with Gasteiger partial charge in [0.05, 0.1) is 10.6 Å². The van der Waals surface area contributed by atoms with Crippen LogP contribution in [0.3, 0.4) is 0 Å². The molecule has 0 amide bonds. The fourth-order valence-electron chi connectivity index (χ4n) is 3.21. The molecule has 0 aliphatic carbocycles. The largest absolute Gasteiger partial charge is 0.366 e.